The van der Waals surface area contributed by atoms with Gasteiger partial charge in [-0.1, -0.05) is 20.8 Å². The van der Waals surface area contributed by atoms with E-state index in [9.17, 15) is 4.79 Å². The highest BCUT2D eigenvalue weighted by Crippen LogP contribution is 2.47. The van der Waals surface area contributed by atoms with Crippen molar-refractivity contribution in [3.63, 3.8) is 0 Å². The third kappa shape index (κ3) is 3.06. The van der Waals surface area contributed by atoms with E-state index in [-0.39, 0.29) is 0 Å². The monoisotopic (exact) mass is 208 g/mol. The molecule has 15 heavy (non-hydrogen) atoms. The van der Waals surface area contributed by atoms with Crippen LogP contribution in [0.25, 0.3) is 0 Å². The van der Waals surface area contributed by atoms with Crippen molar-refractivity contribution in [1.82, 2.24) is 0 Å². The molecule has 2 aliphatic carbocycles. The fourth-order valence-electron chi connectivity index (χ4n) is 2.66. The van der Waals surface area contributed by atoms with Crippen LogP contribution >= 0.6 is 0 Å². The predicted molar refractivity (Wildman–Crippen MR) is 62.6 cm³/mol. The van der Waals surface area contributed by atoms with Gasteiger partial charge in [-0.25, -0.2) is 0 Å². The second-order valence-electron chi connectivity index (χ2n) is 6.79. The number of rotatable bonds is 4. The first kappa shape index (κ1) is 11.2. The highest BCUT2D eigenvalue weighted by molar-refractivity contribution is 5.79. The van der Waals surface area contributed by atoms with Gasteiger partial charge >= 0.3 is 0 Å². The van der Waals surface area contributed by atoms with Gasteiger partial charge in [0.05, 0.1) is 0 Å². The highest BCUT2D eigenvalue weighted by atomic mass is 16.1. The summed E-state index contributed by atoms with van der Waals surface area (Å²) in [6.45, 7) is 6.96. The summed E-state index contributed by atoms with van der Waals surface area (Å²) in [6, 6.07) is 0. The molecule has 2 aliphatic rings. The lowest BCUT2D eigenvalue weighted by atomic mass is 9.62. The first-order chi connectivity index (χ1) is 6.95. The maximum atomic E-state index is 11.7. The van der Waals surface area contributed by atoms with Gasteiger partial charge in [0.15, 0.2) is 0 Å². The van der Waals surface area contributed by atoms with Gasteiger partial charge in [-0.05, 0) is 48.9 Å². The Balaban J connectivity index is 1.64. The third-order valence-electron chi connectivity index (χ3n) is 4.19. The van der Waals surface area contributed by atoms with Crippen molar-refractivity contribution < 1.29 is 4.79 Å². The van der Waals surface area contributed by atoms with Gasteiger partial charge in [-0.3, -0.25) is 4.79 Å². The van der Waals surface area contributed by atoms with Gasteiger partial charge in [-0.15, -0.1) is 0 Å². The maximum absolute atomic E-state index is 11.7. The summed E-state index contributed by atoms with van der Waals surface area (Å²) >= 11 is 0. The molecule has 2 fully saturated rings. The van der Waals surface area contributed by atoms with Crippen molar-refractivity contribution >= 4 is 5.78 Å². The van der Waals surface area contributed by atoms with Crippen LogP contribution in [0.5, 0.6) is 0 Å². The highest BCUT2D eigenvalue weighted by Gasteiger charge is 2.38. The van der Waals surface area contributed by atoms with E-state index in [2.05, 4.69) is 20.8 Å². The molecule has 86 valence electrons. The molecule has 0 spiro atoms. The molecule has 0 saturated heterocycles. The van der Waals surface area contributed by atoms with Crippen molar-refractivity contribution in [2.75, 3.05) is 0 Å². The van der Waals surface area contributed by atoms with Crippen LogP contribution in [-0.4, -0.2) is 5.78 Å². The normalized spacial score (nSPS) is 31.1. The van der Waals surface area contributed by atoms with E-state index in [4.69, 9.17) is 0 Å². The number of hydrogen-bond donors (Lipinski definition) is 0. The molecule has 0 aromatic heterocycles. The van der Waals surface area contributed by atoms with Crippen LogP contribution in [0.15, 0.2) is 0 Å². The molecule has 0 bridgehead atoms. The molecule has 1 heteroatoms. The van der Waals surface area contributed by atoms with Crippen molar-refractivity contribution in [2.45, 2.75) is 59.3 Å². The molecule has 0 aliphatic heterocycles. The summed E-state index contributed by atoms with van der Waals surface area (Å²) in [5, 5.41) is 0. The van der Waals surface area contributed by atoms with Crippen LogP contribution < -0.4 is 0 Å². The number of ketones is 1. The first-order valence-electron chi connectivity index (χ1n) is 6.47. The van der Waals surface area contributed by atoms with Gasteiger partial charge in [0.25, 0.3) is 0 Å². The lowest BCUT2D eigenvalue weighted by Crippen LogP contribution is -2.34. The SMILES string of the molecule is CC(C)(C)C1CC(CC(=O)CC2CC2)C1. The smallest absolute Gasteiger partial charge is 0.133 e. The molecule has 0 heterocycles. The van der Waals surface area contributed by atoms with Crippen molar-refractivity contribution in [3.05, 3.63) is 0 Å². The quantitative estimate of drug-likeness (QED) is 0.686. The van der Waals surface area contributed by atoms with E-state index in [1.54, 1.807) is 0 Å². The zero-order valence-electron chi connectivity index (χ0n) is 10.4. The Kier molecular flexibility index (Phi) is 2.92. The number of Topliss-reactive ketones (excluding diaryl/α,β-unsaturated/α-hetero) is 1. The molecule has 0 radical (unpaired) electrons. The molecule has 0 amide bonds. The van der Waals surface area contributed by atoms with Crippen LogP contribution in [0.4, 0.5) is 0 Å². The fraction of sp³-hybridized carbons (Fsp3) is 0.929. The Bertz CT molecular complexity index is 239. The molecule has 0 aromatic rings. The largest absolute Gasteiger partial charge is 0.300 e. The molecule has 0 aromatic carbocycles. The van der Waals surface area contributed by atoms with Gasteiger partial charge in [0.1, 0.15) is 5.78 Å². The predicted octanol–water partition coefficient (Wildman–Crippen LogP) is 3.82. The second-order valence-corrected chi connectivity index (χ2v) is 6.79. The number of hydrogen-bond acceptors (Lipinski definition) is 1. The Labute approximate surface area is 93.6 Å². The Hall–Kier alpha value is -0.330. The summed E-state index contributed by atoms with van der Waals surface area (Å²) in [4.78, 5) is 11.7. The molecular weight excluding hydrogens is 184 g/mol. The van der Waals surface area contributed by atoms with E-state index in [1.165, 1.54) is 25.7 Å². The molecule has 1 nitrogen and oxygen atoms in total. The molecule has 2 rings (SSSR count). The van der Waals surface area contributed by atoms with E-state index in [0.717, 1.165) is 30.6 Å². The van der Waals surface area contributed by atoms with Gasteiger partial charge in [0, 0.05) is 12.8 Å². The van der Waals surface area contributed by atoms with Crippen molar-refractivity contribution in [1.29, 1.82) is 0 Å². The molecule has 0 atom stereocenters. The van der Waals surface area contributed by atoms with Gasteiger partial charge < -0.3 is 0 Å². The van der Waals surface area contributed by atoms with Crippen molar-refractivity contribution in [3.8, 4) is 0 Å². The Morgan fingerprint density at radius 3 is 2.07 bits per heavy atom. The van der Waals surface area contributed by atoms with E-state index in [1.807, 2.05) is 0 Å². The molecule has 0 N–H and O–H groups in total. The topological polar surface area (TPSA) is 17.1 Å². The minimum Gasteiger partial charge on any atom is -0.300 e. The Morgan fingerprint density at radius 1 is 1.07 bits per heavy atom. The van der Waals surface area contributed by atoms with Crippen LogP contribution in [-0.2, 0) is 4.79 Å². The average molecular weight is 208 g/mol. The fourth-order valence-corrected chi connectivity index (χ4v) is 2.66. The first-order valence-corrected chi connectivity index (χ1v) is 6.47. The molecule has 0 unspecified atom stereocenters. The minimum atomic E-state index is 0.454. The van der Waals surface area contributed by atoms with Gasteiger partial charge in [-0.2, -0.15) is 0 Å². The lowest BCUT2D eigenvalue weighted by Gasteiger charge is -2.43. The van der Waals surface area contributed by atoms with Crippen LogP contribution in [0.3, 0.4) is 0 Å². The van der Waals surface area contributed by atoms with E-state index >= 15 is 0 Å². The van der Waals surface area contributed by atoms with Crippen LogP contribution in [0.2, 0.25) is 0 Å². The van der Waals surface area contributed by atoms with Crippen LogP contribution in [0.1, 0.15) is 59.3 Å². The van der Waals surface area contributed by atoms with E-state index < -0.39 is 0 Å². The lowest BCUT2D eigenvalue weighted by molar-refractivity contribution is -0.121. The van der Waals surface area contributed by atoms with E-state index in [0.29, 0.717) is 11.2 Å². The summed E-state index contributed by atoms with van der Waals surface area (Å²) in [5.41, 5.74) is 0.454. The zero-order chi connectivity index (χ0) is 11.1. The second kappa shape index (κ2) is 3.92. The molecule has 2 saturated carbocycles. The van der Waals surface area contributed by atoms with Crippen LogP contribution in [0, 0.1) is 23.2 Å². The average Bonchev–Trinajstić information content (AvgIpc) is 2.77. The maximum Gasteiger partial charge on any atom is 0.133 e. The number of carbonyl (C=O) groups is 1. The zero-order valence-corrected chi connectivity index (χ0v) is 10.4. The standard InChI is InChI=1S/C14H24O/c1-14(2,3)12-6-11(7-12)9-13(15)8-10-4-5-10/h10-12H,4-9H2,1-3H3. The number of carbonyl (C=O) groups excluding carboxylic acids is 1. The summed E-state index contributed by atoms with van der Waals surface area (Å²) < 4.78 is 0. The summed E-state index contributed by atoms with van der Waals surface area (Å²) in [6.07, 6.45) is 6.96. The molecular formula is C14H24O. The van der Waals surface area contributed by atoms with Crippen molar-refractivity contribution in [2.24, 2.45) is 23.2 Å². The minimum absolute atomic E-state index is 0.454. The Morgan fingerprint density at radius 2 is 1.60 bits per heavy atom. The third-order valence-corrected chi connectivity index (χ3v) is 4.19. The summed E-state index contributed by atoms with van der Waals surface area (Å²) in [7, 11) is 0. The summed E-state index contributed by atoms with van der Waals surface area (Å²) in [5.74, 6) is 2.89. The van der Waals surface area contributed by atoms with Gasteiger partial charge in [0.2, 0.25) is 0 Å².